The zero-order chi connectivity index (χ0) is 13.2. The molecule has 1 atom stereocenters. The van der Waals surface area contributed by atoms with Crippen molar-refractivity contribution in [1.29, 1.82) is 0 Å². The van der Waals surface area contributed by atoms with Gasteiger partial charge >= 0.3 is 0 Å². The largest absolute Gasteiger partial charge is 0.486 e. The van der Waals surface area contributed by atoms with Gasteiger partial charge in [-0.15, -0.1) is 12.4 Å². The Kier molecular flexibility index (Phi) is 5.08. The molecule has 1 aromatic carbocycles. The van der Waals surface area contributed by atoms with Crippen LogP contribution in [0.4, 0.5) is 0 Å². The maximum atomic E-state index is 6.07. The molecule has 1 saturated heterocycles. The van der Waals surface area contributed by atoms with Gasteiger partial charge in [0.2, 0.25) is 0 Å². The minimum absolute atomic E-state index is 0. The second-order valence-corrected chi connectivity index (χ2v) is 5.55. The van der Waals surface area contributed by atoms with Crippen LogP contribution in [0.5, 0.6) is 5.75 Å². The fraction of sp³-hybridized carbons (Fsp3) is 0.500. The van der Waals surface area contributed by atoms with Gasteiger partial charge in [0.15, 0.2) is 0 Å². The van der Waals surface area contributed by atoms with Gasteiger partial charge in [-0.2, -0.15) is 0 Å². The summed E-state index contributed by atoms with van der Waals surface area (Å²) in [5, 5.41) is 0. The van der Waals surface area contributed by atoms with E-state index in [1.54, 1.807) is 0 Å². The molecule has 2 N–H and O–H groups in total. The Balaban J connectivity index is 0.00000147. The van der Waals surface area contributed by atoms with E-state index in [1.165, 1.54) is 18.4 Å². The molecule has 1 heterocycles. The first-order valence-electron chi connectivity index (χ1n) is 7.04. The predicted molar refractivity (Wildman–Crippen MR) is 83.3 cm³/mol. The highest BCUT2D eigenvalue weighted by molar-refractivity contribution is 5.85. The van der Waals surface area contributed by atoms with Crippen LogP contribution < -0.4 is 10.5 Å². The molecule has 0 spiro atoms. The van der Waals surface area contributed by atoms with E-state index in [0.717, 1.165) is 17.2 Å². The molecule has 1 aromatic rings. The van der Waals surface area contributed by atoms with Gasteiger partial charge in [-0.1, -0.05) is 18.2 Å². The van der Waals surface area contributed by atoms with Crippen LogP contribution in [0.15, 0.2) is 24.3 Å². The summed E-state index contributed by atoms with van der Waals surface area (Å²) < 4.78 is 10.9. The van der Waals surface area contributed by atoms with Gasteiger partial charge in [0.1, 0.15) is 11.9 Å². The van der Waals surface area contributed by atoms with E-state index in [4.69, 9.17) is 15.2 Å². The van der Waals surface area contributed by atoms with Crippen molar-refractivity contribution in [3.8, 4) is 5.75 Å². The second-order valence-electron chi connectivity index (χ2n) is 5.55. The number of hydrogen-bond acceptors (Lipinski definition) is 3. The number of rotatable bonds is 5. The monoisotopic (exact) mass is 295 g/mol. The highest BCUT2D eigenvalue weighted by atomic mass is 35.5. The van der Waals surface area contributed by atoms with E-state index in [2.05, 4.69) is 24.3 Å². The van der Waals surface area contributed by atoms with Crippen LogP contribution in [-0.4, -0.2) is 19.3 Å². The summed E-state index contributed by atoms with van der Waals surface area (Å²) in [6.07, 6.45) is 7.35. The van der Waals surface area contributed by atoms with E-state index in [1.807, 2.05) is 13.0 Å². The van der Waals surface area contributed by atoms with Crippen molar-refractivity contribution in [2.24, 2.45) is 11.7 Å². The molecule has 4 heteroatoms. The molecule has 0 aromatic heterocycles. The number of ether oxygens (including phenoxy) is 2. The summed E-state index contributed by atoms with van der Waals surface area (Å²) in [5.74, 6) is 1.67. The molecule has 2 fully saturated rings. The Hall–Kier alpha value is -1.03. The Morgan fingerprint density at radius 3 is 2.65 bits per heavy atom. The zero-order valence-corrected chi connectivity index (χ0v) is 12.6. The quantitative estimate of drug-likeness (QED) is 0.906. The predicted octanol–water partition coefficient (Wildman–Crippen LogP) is 3.33. The van der Waals surface area contributed by atoms with Crippen LogP contribution >= 0.6 is 12.4 Å². The van der Waals surface area contributed by atoms with E-state index >= 15 is 0 Å². The molecule has 2 aliphatic rings. The lowest BCUT2D eigenvalue weighted by Crippen LogP contribution is -2.38. The number of allylic oxidation sites excluding steroid dienone is 1. The lowest BCUT2D eigenvalue weighted by Gasteiger charge is -2.27. The van der Waals surface area contributed by atoms with Crippen LogP contribution in [0.1, 0.15) is 36.9 Å². The fourth-order valence-corrected chi connectivity index (χ4v) is 2.18. The van der Waals surface area contributed by atoms with Crippen molar-refractivity contribution in [3.05, 3.63) is 35.4 Å². The van der Waals surface area contributed by atoms with Crippen molar-refractivity contribution in [2.75, 3.05) is 13.2 Å². The van der Waals surface area contributed by atoms with E-state index in [-0.39, 0.29) is 24.6 Å². The summed E-state index contributed by atoms with van der Waals surface area (Å²) >= 11 is 0. The Labute approximate surface area is 126 Å². The number of halogens is 1. The molecule has 1 aliphatic carbocycles. The first-order chi connectivity index (χ1) is 9.22. The lowest BCUT2D eigenvalue weighted by molar-refractivity contribution is -0.0797. The number of hydrogen-bond donors (Lipinski definition) is 1. The number of nitrogens with two attached hydrogens (primary N) is 1. The Bertz CT molecular complexity index is 479. The highest BCUT2D eigenvalue weighted by Crippen LogP contribution is 2.32. The normalized spacial score (nSPS) is 20.3. The summed E-state index contributed by atoms with van der Waals surface area (Å²) in [7, 11) is 0. The van der Waals surface area contributed by atoms with Crippen molar-refractivity contribution in [3.63, 3.8) is 0 Å². The van der Waals surface area contributed by atoms with Crippen molar-refractivity contribution < 1.29 is 9.47 Å². The molecule has 3 nitrogen and oxygen atoms in total. The molecule has 3 rings (SSSR count). The summed E-state index contributed by atoms with van der Waals surface area (Å²) in [5.41, 5.74) is 8.42. The Morgan fingerprint density at radius 2 is 2.10 bits per heavy atom. The third kappa shape index (κ3) is 3.75. The standard InChI is InChI=1S/C16H21NO2.ClH/c1-11(17)16-8-14(19-15-9-18-10-15)7-6-13(16)5-4-12-2-3-12;/h4-8,11-12,15H,2-3,9-10,17H2,1H3;1H/b5-4+;/t11-;/m0./s1. The fourth-order valence-electron chi connectivity index (χ4n) is 2.18. The maximum absolute atomic E-state index is 6.07. The molecule has 0 bridgehead atoms. The van der Waals surface area contributed by atoms with E-state index in [0.29, 0.717) is 13.2 Å². The second kappa shape index (κ2) is 6.61. The maximum Gasteiger partial charge on any atom is 0.145 e. The van der Waals surface area contributed by atoms with Crippen molar-refractivity contribution in [2.45, 2.75) is 31.9 Å². The van der Waals surface area contributed by atoms with Gasteiger partial charge in [0.25, 0.3) is 0 Å². The first kappa shape index (κ1) is 15.4. The minimum Gasteiger partial charge on any atom is -0.486 e. The third-order valence-electron chi connectivity index (χ3n) is 3.63. The van der Waals surface area contributed by atoms with Gasteiger partial charge in [0.05, 0.1) is 13.2 Å². The SMILES string of the molecule is C[C@H](N)c1cc(OC2COC2)ccc1/C=C/C1CC1.Cl. The van der Waals surface area contributed by atoms with E-state index in [9.17, 15) is 0 Å². The van der Waals surface area contributed by atoms with Gasteiger partial charge in [-0.3, -0.25) is 0 Å². The summed E-state index contributed by atoms with van der Waals surface area (Å²) in [4.78, 5) is 0. The molecular weight excluding hydrogens is 274 g/mol. The van der Waals surface area contributed by atoms with Gasteiger partial charge in [-0.05, 0) is 48.9 Å². The molecule has 20 heavy (non-hydrogen) atoms. The molecule has 0 amide bonds. The highest BCUT2D eigenvalue weighted by Gasteiger charge is 2.21. The average Bonchev–Trinajstić information content (AvgIpc) is 3.15. The minimum atomic E-state index is 0. The molecule has 1 aliphatic heterocycles. The van der Waals surface area contributed by atoms with Crippen LogP contribution in [-0.2, 0) is 4.74 Å². The molecule has 1 saturated carbocycles. The molecule has 110 valence electrons. The summed E-state index contributed by atoms with van der Waals surface area (Å²) in [6, 6.07) is 6.21. The average molecular weight is 296 g/mol. The van der Waals surface area contributed by atoms with Gasteiger partial charge in [0, 0.05) is 6.04 Å². The van der Waals surface area contributed by atoms with Crippen LogP contribution in [0.3, 0.4) is 0 Å². The van der Waals surface area contributed by atoms with Gasteiger partial charge < -0.3 is 15.2 Å². The first-order valence-corrected chi connectivity index (χ1v) is 7.04. The van der Waals surface area contributed by atoms with E-state index < -0.39 is 0 Å². The Morgan fingerprint density at radius 1 is 1.35 bits per heavy atom. The molecule has 0 unspecified atom stereocenters. The summed E-state index contributed by atoms with van der Waals surface area (Å²) in [6.45, 7) is 3.40. The third-order valence-corrected chi connectivity index (χ3v) is 3.63. The molecular formula is C16H22ClNO2. The lowest BCUT2D eigenvalue weighted by atomic mass is 10.0. The zero-order valence-electron chi connectivity index (χ0n) is 11.7. The van der Waals surface area contributed by atoms with Crippen LogP contribution in [0.25, 0.3) is 6.08 Å². The van der Waals surface area contributed by atoms with Crippen molar-refractivity contribution in [1.82, 2.24) is 0 Å². The molecule has 0 radical (unpaired) electrons. The smallest absolute Gasteiger partial charge is 0.145 e. The van der Waals surface area contributed by atoms with Crippen molar-refractivity contribution >= 4 is 18.5 Å². The topological polar surface area (TPSA) is 44.5 Å². The van der Waals surface area contributed by atoms with Crippen LogP contribution in [0.2, 0.25) is 0 Å². The van der Waals surface area contributed by atoms with Gasteiger partial charge in [-0.25, -0.2) is 0 Å². The van der Waals surface area contributed by atoms with Crippen LogP contribution in [0, 0.1) is 5.92 Å². The number of benzene rings is 1.